The maximum absolute atomic E-state index is 13.1. The average Bonchev–Trinajstić information content (AvgIpc) is 2.87. The molecule has 12 heteroatoms. The van der Waals surface area contributed by atoms with Crippen molar-refractivity contribution in [3.8, 4) is 5.75 Å². The monoisotopic (exact) mass is 467 g/mol. The van der Waals surface area contributed by atoms with E-state index < -0.39 is 31.9 Å². The van der Waals surface area contributed by atoms with Crippen LogP contribution in [-0.2, 0) is 29.6 Å². The summed E-state index contributed by atoms with van der Waals surface area (Å²) in [5.74, 6) is -2.08. The van der Waals surface area contributed by atoms with Crippen molar-refractivity contribution in [2.75, 3.05) is 27.2 Å². The van der Waals surface area contributed by atoms with Gasteiger partial charge in [0.05, 0.1) is 30.2 Å². The fourth-order valence-corrected chi connectivity index (χ4v) is 6.21. The van der Waals surface area contributed by atoms with Crippen molar-refractivity contribution >= 4 is 48.9 Å². The fourth-order valence-electron chi connectivity index (χ4n) is 3.16. The fraction of sp³-hybridized carbons (Fsp3) is 0.263. The molecule has 31 heavy (non-hydrogen) atoms. The van der Waals surface area contributed by atoms with Crippen molar-refractivity contribution in [2.45, 2.75) is 18.7 Å². The lowest BCUT2D eigenvalue weighted by molar-refractivity contribution is -0.119. The first-order valence-electron chi connectivity index (χ1n) is 9.10. The quantitative estimate of drug-likeness (QED) is 0.660. The summed E-state index contributed by atoms with van der Waals surface area (Å²) >= 11 is 0. The molecule has 0 bridgehead atoms. The topological polar surface area (TPSA) is 139 Å². The molecule has 0 saturated carbocycles. The number of hydrogen-bond acceptors (Lipinski definition) is 7. The summed E-state index contributed by atoms with van der Waals surface area (Å²) in [6, 6.07) is 9.71. The summed E-state index contributed by atoms with van der Waals surface area (Å²) in [6.07, 6.45) is 0. The normalized spacial score (nSPS) is 18.0. The van der Waals surface area contributed by atoms with Gasteiger partial charge in [-0.05, 0) is 36.4 Å². The van der Waals surface area contributed by atoms with Gasteiger partial charge in [-0.15, -0.1) is 0 Å². The van der Waals surface area contributed by atoms with Crippen LogP contribution in [0, 0.1) is 5.92 Å². The first-order valence-corrected chi connectivity index (χ1v) is 12.2. The van der Waals surface area contributed by atoms with Crippen molar-refractivity contribution in [1.82, 2.24) is 0 Å². The number of methoxy groups -OCH3 is 1. The van der Waals surface area contributed by atoms with E-state index in [0.717, 1.165) is 6.07 Å². The van der Waals surface area contributed by atoms with E-state index in [0.29, 0.717) is 9.99 Å². The van der Waals surface area contributed by atoms with Gasteiger partial charge in [0.15, 0.2) is 0 Å². The van der Waals surface area contributed by atoms with Crippen molar-refractivity contribution in [1.29, 1.82) is 0 Å². The zero-order valence-corrected chi connectivity index (χ0v) is 18.6. The van der Waals surface area contributed by atoms with Gasteiger partial charge in [0.2, 0.25) is 21.8 Å². The van der Waals surface area contributed by atoms with Crippen LogP contribution < -0.4 is 19.1 Å². The van der Waals surface area contributed by atoms with E-state index in [2.05, 4.69) is 10.0 Å². The van der Waals surface area contributed by atoms with Crippen LogP contribution in [0.2, 0.25) is 0 Å². The lowest BCUT2D eigenvalue weighted by Crippen LogP contribution is -2.30. The number of rotatable bonds is 6. The Morgan fingerprint density at radius 1 is 1.16 bits per heavy atom. The number of carbonyl (C=O) groups is 2. The Morgan fingerprint density at radius 3 is 2.42 bits per heavy atom. The summed E-state index contributed by atoms with van der Waals surface area (Å²) in [7, 11) is -6.88. The molecule has 2 aromatic rings. The molecule has 1 unspecified atom stereocenters. The second-order valence-electron chi connectivity index (χ2n) is 6.98. The zero-order valence-electron chi connectivity index (χ0n) is 16.9. The molecular weight excluding hydrogens is 446 g/mol. The third-order valence-electron chi connectivity index (χ3n) is 4.47. The molecule has 3 rings (SSSR count). The lowest BCUT2D eigenvalue weighted by atomic mass is 10.2. The van der Waals surface area contributed by atoms with Gasteiger partial charge in [-0.1, -0.05) is 13.0 Å². The second-order valence-corrected chi connectivity index (χ2v) is 10.5. The Bertz CT molecular complexity index is 1260. The van der Waals surface area contributed by atoms with Gasteiger partial charge in [-0.25, -0.2) is 21.1 Å². The molecule has 166 valence electrons. The molecule has 0 aliphatic carbocycles. The zero-order chi connectivity index (χ0) is 23.0. The Morgan fingerprint density at radius 2 is 1.84 bits per heavy atom. The summed E-state index contributed by atoms with van der Waals surface area (Å²) in [4.78, 5) is 23.3. The Balaban J connectivity index is 2.02. The number of nitrogens with zero attached hydrogens (tertiary/aromatic N) is 1. The first kappa shape index (κ1) is 22.6. The SMILES string of the molecule is COc1ccc(N2C(=O)C(C)CS2(=O)=O)cc1S(=O)(=O)Nc1cccc(NC(C)=O)c1. The van der Waals surface area contributed by atoms with Crippen LogP contribution in [-0.4, -0.2) is 41.5 Å². The van der Waals surface area contributed by atoms with Crippen molar-refractivity contribution in [3.05, 3.63) is 42.5 Å². The van der Waals surface area contributed by atoms with Crippen LogP contribution >= 0.6 is 0 Å². The molecule has 2 N–H and O–H groups in total. The number of carbonyl (C=O) groups excluding carboxylic acids is 2. The molecule has 2 aromatic carbocycles. The first-order chi connectivity index (χ1) is 14.4. The number of hydrogen-bond donors (Lipinski definition) is 2. The van der Waals surface area contributed by atoms with E-state index in [4.69, 9.17) is 4.74 Å². The Labute approximate surface area is 180 Å². The third kappa shape index (κ3) is 4.64. The standard InChI is InChI=1S/C19H21N3O7S2/c1-12-11-30(25,26)22(19(12)24)16-7-8-17(29-3)18(10-16)31(27,28)21-15-6-4-5-14(9-15)20-13(2)23/h4-10,12,21H,11H2,1-3H3,(H,20,23). The molecule has 0 spiro atoms. The smallest absolute Gasteiger partial charge is 0.265 e. The molecule has 1 atom stereocenters. The van der Waals surface area contributed by atoms with Crippen molar-refractivity contribution in [3.63, 3.8) is 0 Å². The number of sulfonamides is 2. The molecule has 2 amide bonds. The summed E-state index contributed by atoms with van der Waals surface area (Å²) in [6.45, 7) is 2.81. The van der Waals surface area contributed by atoms with Gasteiger partial charge < -0.3 is 10.1 Å². The van der Waals surface area contributed by atoms with Gasteiger partial charge in [0.1, 0.15) is 10.6 Å². The number of anilines is 3. The van der Waals surface area contributed by atoms with E-state index in [1.54, 1.807) is 12.1 Å². The highest BCUT2D eigenvalue weighted by atomic mass is 32.2. The summed E-state index contributed by atoms with van der Waals surface area (Å²) in [5, 5.41) is 2.55. The second kappa shape index (κ2) is 8.19. The molecule has 1 heterocycles. The number of amides is 2. The minimum Gasteiger partial charge on any atom is -0.495 e. The molecule has 10 nitrogen and oxygen atoms in total. The van der Waals surface area contributed by atoms with Crippen LogP contribution in [0.15, 0.2) is 47.4 Å². The van der Waals surface area contributed by atoms with Crippen molar-refractivity contribution in [2.24, 2.45) is 5.92 Å². The van der Waals surface area contributed by atoms with Crippen molar-refractivity contribution < 1.29 is 31.2 Å². The summed E-state index contributed by atoms with van der Waals surface area (Å²) < 4.78 is 59.0. The van der Waals surface area contributed by atoms with Gasteiger partial charge in [0, 0.05) is 12.6 Å². The maximum Gasteiger partial charge on any atom is 0.265 e. The van der Waals surface area contributed by atoms with Gasteiger partial charge in [0.25, 0.3) is 10.0 Å². The van der Waals surface area contributed by atoms with E-state index in [-0.39, 0.29) is 33.7 Å². The Kier molecular flexibility index (Phi) is 5.96. The van der Waals surface area contributed by atoms with Crippen LogP contribution in [0.4, 0.5) is 17.1 Å². The van der Waals surface area contributed by atoms with E-state index in [9.17, 15) is 26.4 Å². The number of ether oxygens (including phenoxy) is 1. The van der Waals surface area contributed by atoms with E-state index in [1.807, 2.05) is 0 Å². The molecule has 0 radical (unpaired) electrons. The van der Waals surface area contributed by atoms with Crippen LogP contribution in [0.5, 0.6) is 5.75 Å². The van der Waals surface area contributed by atoms with Gasteiger partial charge in [-0.2, -0.15) is 0 Å². The molecule has 1 aliphatic heterocycles. The molecule has 0 aromatic heterocycles. The molecule has 1 aliphatic rings. The van der Waals surface area contributed by atoms with Crippen LogP contribution in [0.3, 0.4) is 0 Å². The molecule has 1 saturated heterocycles. The van der Waals surface area contributed by atoms with E-state index >= 15 is 0 Å². The van der Waals surface area contributed by atoms with Gasteiger partial charge >= 0.3 is 0 Å². The highest BCUT2D eigenvalue weighted by Crippen LogP contribution is 2.34. The maximum atomic E-state index is 13.1. The predicted molar refractivity (Wildman–Crippen MR) is 115 cm³/mol. The van der Waals surface area contributed by atoms with Crippen LogP contribution in [0.1, 0.15) is 13.8 Å². The third-order valence-corrected chi connectivity index (χ3v) is 7.74. The number of nitrogens with one attached hydrogen (secondary N) is 2. The minimum atomic E-state index is -4.24. The Hall–Kier alpha value is -3.12. The lowest BCUT2D eigenvalue weighted by Gasteiger charge is -2.18. The average molecular weight is 468 g/mol. The van der Waals surface area contributed by atoms with Crippen LogP contribution in [0.25, 0.3) is 0 Å². The molecule has 1 fully saturated rings. The highest BCUT2D eigenvalue weighted by molar-refractivity contribution is 7.94. The number of benzene rings is 2. The van der Waals surface area contributed by atoms with Gasteiger partial charge in [-0.3, -0.25) is 14.3 Å². The minimum absolute atomic E-state index is 0.0358. The largest absolute Gasteiger partial charge is 0.495 e. The predicted octanol–water partition coefficient (Wildman–Crippen LogP) is 1.77. The van der Waals surface area contributed by atoms with E-state index in [1.165, 1.54) is 45.2 Å². The highest BCUT2D eigenvalue weighted by Gasteiger charge is 2.42. The summed E-state index contributed by atoms with van der Waals surface area (Å²) in [5.41, 5.74) is 0.455. The molecular formula is C19H21N3O7S2.